The van der Waals surface area contributed by atoms with Crippen LogP contribution in [0.2, 0.25) is 0 Å². The molecule has 4 rings (SSSR count). The average Bonchev–Trinajstić information content (AvgIpc) is 3.16. The summed E-state index contributed by atoms with van der Waals surface area (Å²) in [5.74, 6) is -0.366. The Balaban J connectivity index is 1.63. The zero-order valence-corrected chi connectivity index (χ0v) is 20.2. The number of aromatic nitrogens is 1. The lowest BCUT2D eigenvalue weighted by Crippen LogP contribution is -2.43. The molecule has 0 radical (unpaired) electrons. The van der Waals surface area contributed by atoms with Crippen LogP contribution < -0.4 is 4.80 Å². The van der Waals surface area contributed by atoms with Gasteiger partial charge < -0.3 is 4.57 Å². The number of nitrogens with zero attached hydrogens (tertiary/aromatic N) is 3. The van der Waals surface area contributed by atoms with Gasteiger partial charge in [-0.05, 0) is 62.1 Å². The first-order valence-electron chi connectivity index (χ1n) is 11.2. The van der Waals surface area contributed by atoms with E-state index < -0.39 is 10.0 Å². The number of aryl methyl sites for hydroxylation is 1. The minimum atomic E-state index is -3.57. The van der Waals surface area contributed by atoms with Crippen LogP contribution in [0, 0.1) is 0 Å². The Morgan fingerprint density at radius 1 is 1.09 bits per heavy atom. The zero-order chi connectivity index (χ0) is 22.7. The molecule has 0 aliphatic carbocycles. The van der Waals surface area contributed by atoms with Crippen molar-refractivity contribution in [1.82, 2.24) is 8.87 Å². The molecule has 3 aromatic rings. The molecule has 1 aromatic heterocycles. The van der Waals surface area contributed by atoms with Crippen LogP contribution in [-0.4, -0.2) is 35.8 Å². The number of carbonyl (C=O) groups is 1. The van der Waals surface area contributed by atoms with Gasteiger partial charge in [0.25, 0.3) is 5.91 Å². The van der Waals surface area contributed by atoms with E-state index in [2.05, 4.69) is 16.5 Å². The molecule has 0 bridgehead atoms. The zero-order valence-electron chi connectivity index (χ0n) is 18.5. The number of fused-ring (bicyclic) bond motifs is 1. The molecular formula is C24H29N3O3S2. The molecule has 0 spiro atoms. The molecule has 1 saturated heterocycles. The quantitative estimate of drug-likeness (QED) is 0.518. The Bertz CT molecular complexity index is 1270. The minimum absolute atomic E-state index is 0.0482. The molecule has 2 heterocycles. The van der Waals surface area contributed by atoms with Gasteiger partial charge in [0.15, 0.2) is 4.80 Å². The van der Waals surface area contributed by atoms with Crippen molar-refractivity contribution in [3.05, 3.63) is 58.9 Å². The van der Waals surface area contributed by atoms with Crippen LogP contribution in [0.4, 0.5) is 0 Å². The lowest BCUT2D eigenvalue weighted by molar-refractivity contribution is 0.0997. The number of piperidine rings is 1. The molecule has 0 saturated carbocycles. The molecule has 6 nitrogen and oxygen atoms in total. The van der Waals surface area contributed by atoms with E-state index >= 15 is 0 Å². The highest BCUT2D eigenvalue weighted by Gasteiger charge is 2.32. The van der Waals surface area contributed by atoms with E-state index in [1.807, 2.05) is 31.2 Å². The van der Waals surface area contributed by atoms with Gasteiger partial charge in [0.1, 0.15) is 0 Å². The van der Waals surface area contributed by atoms with E-state index in [4.69, 9.17) is 0 Å². The van der Waals surface area contributed by atoms with Gasteiger partial charge in [-0.25, -0.2) is 8.42 Å². The predicted octanol–water partition coefficient (Wildman–Crippen LogP) is 4.81. The topological polar surface area (TPSA) is 71.7 Å². The summed E-state index contributed by atoms with van der Waals surface area (Å²) in [6.07, 6.45) is 4.59. The Hall–Kier alpha value is -2.29. The van der Waals surface area contributed by atoms with Crippen LogP contribution in [0.25, 0.3) is 10.2 Å². The third kappa shape index (κ3) is 4.44. The van der Waals surface area contributed by atoms with E-state index in [0.29, 0.717) is 16.9 Å². The number of hydrogen-bond donors (Lipinski definition) is 0. The average molecular weight is 472 g/mol. The van der Waals surface area contributed by atoms with Gasteiger partial charge in [-0.2, -0.15) is 9.30 Å². The highest BCUT2D eigenvalue weighted by Crippen LogP contribution is 2.27. The first kappa shape index (κ1) is 22.9. The van der Waals surface area contributed by atoms with Crippen LogP contribution in [0.5, 0.6) is 0 Å². The summed E-state index contributed by atoms with van der Waals surface area (Å²) in [5, 5.41) is 0. The highest BCUT2D eigenvalue weighted by atomic mass is 32.2. The van der Waals surface area contributed by atoms with E-state index in [-0.39, 0.29) is 16.8 Å². The van der Waals surface area contributed by atoms with Gasteiger partial charge >= 0.3 is 0 Å². The summed E-state index contributed by atoms with van der Waals surface area (Å²) in [6.45, 7) is 5.46. The van der Waals surface area contributed by atoms with Crippen LogP contribution in [0.15, 0.2) is 58.4 Å². The normalized spacial score (nSPS) is 18.3. The van der Waals surface area contributed by atoms with E-state index in [9.17, 15) is 13.2 Å². The monoisotopic (exact) mass is 471 g/mol. The van der Waals surface area contributed by atoms with Crippen molar-refractivity contribution < 1.29 is 13.2 Å². The van der Waals surface area contributed by atoms with E-state index in [0.717, 1.165) is 48.9 Å². The highest BCUT2D eigenvalue weighted by molar-refractivity contribution is 7.89. The van der Waals surface area contributed by atoms with E-state index in [1.54, 1.807) is 16.4 Å². The van der Waals surface area contributed by atoms with Crippen molar-refractivity contribution in [2.45, 2.75) is 63.4 Å². The smallest absolute Gasteiger partial charge is 0.279 e. The summed E-state index contributed by atoms with van der Waals surface area (Å²) in [5.41, 5.74) is 1.45. The van der Waals surface area contributed by atoms with E-state index in [1.165, 1.54) is 23.5 Å². The van der Waals surface area contributed by atoms with Crippen LogP contribution in [0.3, 0.4) is 0 Å². The molecule has 1 unspecified atom stereocenters. The summed E-state index contributed by atoms with van der Waals surface area (Å²) in [7, 11) is -3.57. The lowest BCUT2D eigenvalue weighted by atomic mass is 10.0. The first-order valence-corrected chi connectivity index (χ1v) is 13.5. The maximum Gasteiger partial charge on any atom is 0.279 e. The first-order chi connectivity index (χ1) is 15.5. The van der Waals surface area contributed by atoms with Gasteiger partial charge in [0.2, 0.25) is 10.0 Å². The second-order valence-corrected chi connectivity index (χ2v) is 11.0. The van der Waals surface area contributed by atoms with Gasteiger partial charge in [-0.3, -0.25) is 4.79 Å². The van der Waals surface area contributed by atoms with Crippen molar-refractivity contribution in [2.75, 3.05) is 6.54 Å². The Kier molecular flexibility index (Phi) is 6.93. The Morgan fingerprint density at radius 2 is 1.84 bits per heavy atom. The largest absolute Gasteiger partial charge is 0.316 e. The molecule has 1 atom stereocenters. The third-order valence-corrected chi connectivity index (χ3v) is 9.01. The predicted molar refractivity (Wildman–Crippen MR) is 128 cm³/mol. The van der Waals surface area contributed by atoms with Gasteiger partial charge in [-0.1, -0.05) is 43.7 Å². The fourth-order valence-electron chi connectivity index (χ4n) is 4.30. The standard InChI is InChI=1S/C24H29N3O3S2/c1-3-16-26-21-10-5-6-11-22(21)31-24(26)25-23(28)18-12-14-20(15-13-18)32(29,30)27-17-8-7-9-19(27)4-2/h5-6,10-15,19H,3-4,7-9,16-17H2,1-2H3. The second-order valence-electron chi connectivity index (χ2n) is 8.12. The van der Waals surface area contributed by atoms with Gasteiger partial charge in [0, 0.05) is 24.7 Å². The molecule has 1 aliphatic rings. The second kappa shape index (κ2) is 9.68. The Labute approximate surface area is 193 Å². The SMILES string of the molecule is CCCn1c(=NC(=O)c2ccc(S(=O)(=O)N3CCCCC3CC)cc2)sc2ccccc21. The Morgan fingerprint density at radius 3 is 2.56 bits per heavy atom. The molecule has 0 N–H and O–H groups in total. The lowest BCUT2D eigenvalue weighted by Gasteiger charge is -2.34. The molecule has 32 heavy (non-hydrogen) atoms. The minimum Gasteiger partial charge on any atom is -0.316 e. The number of amides is 1. The number of carbonyl (C=O) groups excluding carboxylic acids is 1. The van der Waals surface area contributed by atoms with Gasteiger partial charge in [0.05, 0.1) is 15.1 Å². The molecule has 1 amide bonds. The van der Waals surface area contributed by atoms with Crippen LogP contribution >= 0.6 is 11.3 Å². The summed E-state index contributed by atoms with van der Waals surface area (Å²) < 4.78 is 31.1. The van der Waals surface area contributed by atoms with Crippen LogP contribution in [-0.2, 0) is 16.6 Å². The molecule has 1 fully saturated rings. The van der Waals surface area contributed by atoms with Crippen molar-refractivity contribution in [2.24, 2.45) is 4.99 Å². The molecule has 170 valence electrons. The number of para-hydroxylation sites is 1. The summed E-state index contributed by atoms with van der Waals surface area (Å²) in [6, 6.07) is 14.3. The molecule has 2 aromatic carbocycles. The molecule has 8 heteroatoms. The molecule has 1 aliphatic heterocycles. The number of thiazole rings is 1. The van der Waals surface area contributed by atoms with Crippen molar-refractivity contribution in [3.8, 4) is 0 Å². The summed E-state index contributed by atoms with van der Waals surface area (Å²) >= 11 is 1.49. The molecular weight excluding hydrogens is 442 g/mol. The fourth-order valence-corrected chi connectivity index (χ4v) is 7.12. The van der Waals surface area contributed by atoms with Gasteiger partial charge in [-0.15, -0.1) is 0 Å². The maximum atomic E-state index is 13.2. The third-order valence-electron chi connectivity index (χ3n) is 5.98. The number of hydrogen-bond acceptors (Lipinski definition) is 4. The van der Waals surface area contributed by atoms with Crippen molar-refractivity contribution >= 4 is 37.5 Å². The van der Waals surface area contributed by atoms with Crippen molar-refractivity contribution in [1.29, 1.82) is 0 Å². The number of benzene rings is 2. The fraction of sp³-hybridized carbons (Fsp3) is 0.417. The van der Waals surface area contributed by atoms with Crippen molar-refractivity contribution in [3.63, 3.8) is 0 Å². The summed E-state index contributed by atoms with van der Waals surface area (Å²) in [4.78, 5) is 18.1. The number of sulfonamides is 1. The van der Waals surface area contributed by atoms with Crippen LogP contribution in [0.1, 0.15) is 56.3 Å². The maximum absolute atomic E-state index is 13.2. The number of rotatable bonds is 6.